The van der Waals surface area contributed by atoms with Crippen LogP contribution < -0.4 is 10.6 Å². The third-order valence-electron chi connectivity index (χ3n) is 2.46. The molecule has 2 rings (SSSR count). The molecular formula is C12H13ClN4O. The summed E-state index contributed by atoms with van der Waals surface area (Å²) in [5, 5.41) is 10.2. The number of anilines is 2. The van der Waals surface area contributed by atoms with Crippen LogP contribution in [0.4, 0.5) is 11.4 Å². The summed E-state index contributed by atoms with van der Waals surface area (Å²) in [4.78, 5) is 12.1. The molecule has 1 heterocycles. The summed E-state index contributed by atoms with van der Waals surface area (Å²) >= 11 is 5.90. The number of nitrogens with zero attached hydrogens (tertiary/aromatic N) is 2. The Bertz CT molecular complexity index is 579. The number of hydrogen-bond acceptors (Lipinski definition) is 3. The van der Waals surface area contributed by atoms with Crippen LogP contribution in [0.5, 0.6) is 0 Å². The zero-order valence-electron chi connectivity index (χ0n) is 10.1. The van der Waals surface area contributed by atoms with Gasteiger partial charge in [-0.15, -0.1) is 0 Å². The van der Waals surface area contributed by atoms with Crippen molar-refractivity contribution < 1.29 is 4.79 Å². The van der Waals surface area contributed by atoms with E-state index < -0.39 is 0 Å². The zero-order chi connectivity index (χ0) is 13.1. The number of aryl methyl sites for hydroxylation is 1. The third-order valence-corrected chi connectivity index (χ3v) is 2.69. The van der Waals surface area contributed by atoms with Crippen molar-refractivity contribution in [3.63, 3.8) is 0 Å². The fraction of sp³-hybridized carbons (Fsp3) is 0.167. The van der Waals surface area contributed by atoms with Gasteiger partial charge >= 0.3 is 0 Å². The highest BCUT2D eigenvalue weighted by molar-refractivity contribution is 6.31. The summed E-state index contributed by atoms with van der Waals surface area (Å²) < 4.78 is 1.62. The van der Waals surface area contributed by atoms with E-state index in [0.29, 0.717) is 16.3 Å². The molecule has 0 radical (unpaired) electrons. The predicted octanol–water partition coefficient (Wildman–Crippen LogP) is 2.37. The number of halogens is 1. The van der Waals surface area contributed by atoms with Gasteiger partial charge in [0.15, 0.2) is 0 Å². The van der Waals surface area contributed by atoms with Gasteiger partial charge in [-0.3, -0.25) is 9.48 Å². The van der Waals surface area contributed by atoms with E-state index in [-0.39, 0.29) is 5.91 Å². The first-order chi connectivity index (χ1) is 8.60. The fourth-order valence-corrected chi connectivity index (χ4v) is 1.78. The Labute approximate surface area is 110 Å². The van der Waals surface area contributed by atoms with Gasteiger partial charge in [-0.2, -0.15) is 5.10 Å². The molecule has 1 amide bonds. The smallest absolute Gasteiger partial charge is 0.257 e. The highest BCUT2D eigenvalue weighted by Crippen LogP contribution is 2.21. The fourth-order valence-electron chi connectivity index (χ4n) is 1.61. The molecule has 0 spiro atoms. The molecule has 0 bridgehead atoms. The Morgan fingerprint density at radius 1 is 1.44 bits per heavy atom. The van der Waals surface area contributed by atoms with Gasteiger partial charge in [-0.05, 0) is 18.2 Å². The molecule has 2 N–H and O–H groups in total. The largest absolute Gasteiger partial charge is 0.387 e. The number of hydrogen-bond donors (Lipinski definition) is 2. The molecule has 1 aromatic carbocycles. The number of nitrogens with one attached hydrogen (secondary N) is 2. The minimum atomic E-state index is -0.227. The van der Waals surface area contributed by atoms with Crippen molar-refractivity contribution in [3.8, 4) is 0 Å². The summed E-state index contributed by atoms with van der Waals surface area (Å²) in [6.07, 6.45) is 3.31. The number of amides is 1. The summed E-state index contributed by atoms with van der Waals surface area (Å²) in [7, 11) is 3.54. The van der Waals surface area contributed by atoms with E-state index in [9.17, 15) is 4.79 Å². The summed E-state index contributed by atoms with van der Waals surface area (Å²) in [6.45, 7) is 0. The lowest BCUT2D eigenvalue weighted by atomic mass is 10.1. The zero-order valence-corrected chi connectivity index (χ0v) is 10.8. The number of carbonyl (C=O) groups excluding carboxylic acids is 1. The summed E-state index contributed by atoms with van der Waals surface area (Å²) in [5.74, 6) is -0.227. The second kappa shape index (κ2) is 5.10. The summed E-state index contributed by atoms with van der Waals surface area (Å²) in [5.41, 5.74) is 1.86. The molecule has 0 atom stereocenters. The molecule has 0 fully saturated rings. The van der Waals surface area contributed by atoms with Crippen molar-refractivity contribution in [2.24, 2.45) is 7.05 Å². The molecule has 94 valence electrons. The Balaban J connectivity index is 2.25. The SMILES string of the molecule is CNc1ccc(Cl)cc1C(=O)Nc1cnn(C)c1. The maximum Gasteiger partial charge on any atom is 0.257 e. The van der Waals surface area contributed by atoms with Gasteiger partial charge < -0.3 is 10.6 Å². The average Bonchev–Trinajstić information content (AvgIpc) is 2.74. The second-order valence-electron chi connectivity index (χ2n) is 3.80. The van der Waals surface area contributed by atoms with Gasteiger partial charge in [0.25, 0.3) is 5.91 Å². The average molecular weight is 265 g/mol. The Morgan fingerprint density at radius 2 is 2.22 bits per heavy atom. The molecule has 5 nitrogen and oxygen atoms in total. The molecular weight excluding hydrogens is 252 g/mol. The molecule has 0 unspecified atom stereocenters. The first-order valence-corrected chi connectivity index (χ1v) is 5.75. The molecule has 0 aliphatic carbocycles. The topological polar surface area (TPSA) is 59.0 Å². The minimum absolute atomic E-state index is 0.227. The third kappa shape index (κ3) is 2.62. The maximum atomic E-state index is 12.1. The van der Waals surface area contributed by atoms with E-state index in [4.69, 9.17) is 11.6 Å². The van der Waals surface area contributed by atoms with Crippen LogP contribution in [0.2, 0.25) is 5.02 Å². The van der Waals surface area contributed by atoms with E-state index >= 15 is 0 Å². The van der Waals surface area contributed by atoms with Crippen LogP contribution in [0.3, 0.4) is 0 Å². The van der Waals surface area contributed by atoms with Crippen LogP contribution in [0.15, 0.2) is 30.6 Å². The van der Waals surface area contributed by atoms with Crippen LogP contribution in [-0.4, -0.2) is 22.7 Å². The van der Waals surface area contributed by atoms with Gasteiger partial charge in [0, 0.05) is 31.0 Å². The van der Waals surface area contributed by atoms with E-state index in [1.54, 1.807) is 49.4 Å². The lowest BCUT2D eigenvalue weighted by Crippen LogP contribution is -2.13. The van der Waals surface area contributed by atoms with Crippen LogP contribution in [0.1, 0.15) is 10.4 Å². The first-order valence-electron chi connectivity index (χ1n) is 5.37. The second-order valence-corrected chi connectivity index (χ2v) is 4.23. The lowest BCUT2D eigenvalue weighted by molar-refractivity contribution is 0.102. The van der Waals surface area contributed by atoms with Crippen LogP contribution >= 0.6 is 11.6 Å². The van der Waals surface area contributed by atoms with E-state index in [2.05, 4.69) is 15.7 Å². The van der Waals surface area contributed by atoms with E-state index in [1.807, 2.05) is 0 Å². The number of aromatic nitrogens is 2. The van der Waals surface area contributed by atoms with Crippen LogP contribution in [0.25, 0.3) is 0 Å². The van der Waals surface area contributed by atoms with Crippen molar-refractivity contribution >= 4 is 28.9 Å². The van der Waals surface area contributed by atoms with Crippen molar-refractivity contribution in [1.82, 2.24) is 9.78 Å². The van der Waals surface area contributed by atoms with E-state index in [0.717, 1.165) is 5.69 Å². The number of carbonyl (C=O) groups is 1. The first kappa shape index (κ1) is 12.4. The van der Waals surface area contributed by atoms with E-state index in [1.165, 1.54) is 0 Å². The monoisotopic (exact) mass is 264 g/mol. The van der Waals surface area contributed by atoms with Crippen molar-refractivity contribution in [3.05, 3.63) is 41.2 Å². The standard InChI is InChI=1S/C12H13ClN4O/c1-14-11-4-3-8(13)5-10(11)12(18)16-9-6-15-17(2)7-9/h3-7,14H,1-2H3,(H,16,18). The van der Waals surface area contributed by atoms with Gasteiger partial charge in [0.2, 0.25) is 0 Å². The Morgan fingerprint density at radius 3 is 2.83 bits per heavy atom. The van der Waals surface area contributed by atoms with Gasteiger partial charge in [0.05, 0.1) is 17.4 Å². The maximum absolute atomic E-state index is 12.1. The molecule has 2 aromatic rings. The highest BCUT2D eigenvalue weighted by atomic mass is 35.5. The minimum Gasteiger partial charge on any atom is -0.387 e. The van der Waals surface area contributed by atoms with Gasteiger partial charge in [0.1, 0.15) is 0 Å². The van der Waals surface area contributed by atoms with Gasteiger partial charge in [-0.1, -0.05) is 11.6 Å². The molecule has 0 saturated carbocycles. The lowest BCUT2D eigenvalue weighted by Gasteiger charge is -2.09. The Hall–Kier alpha value is -2.01. The molecule has 1 aromatic heterocycles. The normalized spacial score (nSPS) is 10.2. The molecule has 0 aliphatic rings. The number of benzene rings is 1. The molecule has 6 heteroatoms. The highest BCUT2D eigenvalue weighted by Gasteiger charge is 2.12. The number of rotatable bonds is 3. The predicted molar refractivity (Wildman–Crippen MR) is 72.2 cm³/mol. The van der Waals surface area contributed by atoms with Crippen molar-refractivity contribution in [1.29, 1.82) is 0 Å². The molecule has 0 aliphatic heterocycles. The molecule has 0 saturated heterocycles. The Kier molecular flexibility index (Phi) is 3.53. The summed E-state index contributed by atoms with van der Waals surface area (Å²) in [6, 6.07) is 5.12. The van der Waals surface area contributed by atoms with Crippen LogP contribution in [-0.2, 0) is 7.05 Å². The van der Waals surface area contributed by atoms with Crippen molar-refractivity contribution in [2.75, 3.05) is 17.7 Å². The van der Waals surface area contributed by atoms with Crippen molar-refractivity contribution in [2.45, 2.75) is 0 Å². The van der Waals surface area contributed by atoms with Gasteiger partial charge in [-0.25, -0.2) is 0 Å². The molecule has 18 heavy (non-hydrogen) atoms. The quantitative estimate of drug-likeness (QED) is 0.895. The van der Waals surface area contributed by atoms with Crippen LogP contribution in [0, 0.1) is 0 Å².